The molecule has 1 aliphatic rings. The maximum Gasteiger partial charge on any atom is 0.286 e. The quantitative estimate of drug-likeness (QED) is 0.780. The SMILES string of the molecule is CCN(CC)C1=NC(=O)/C(=C/c2ccc(C(C)(C)C)cc2)S1. The first-order chi connectivity index (χ1) is 10.3. The van der Waals surface area contributed by atoms with Gasteiger partial charge in [-0.25, -0.2) is 0 Å². The van der Waals surface area contributed by atoms with Gasteiger partial charge in [-0.15, -0.1) is 0 Å². The number of amidine groups is 1. The summed E-state index contributed by atoms with van der Waals surface area (Å²) >= 11 is 1.47. The van der Waals surface area contributed by atoms with Gasteiger partial charge in [0.25, 0.3) is 5.91 Å². The van der Waals surface area contributed by atoms with E-state index in [1.165, 1.54) is 17.3 Å². The molecule has 3 nitrogen and oxygen atoms in total. The summed E-state index contributed by atoms with van der Waals surface area (Å²) in [5, 5.41) is 0.813. The Balaban J connectivity index is 2.16. The first-order valence-electron chi connectivity index (χ1n) is 7.73. The lowest BCUT2D eigenvalue weighted by Crippen LogP contribution is -2.26. The van der Waals surface area contributed by atoms with Crippen LogP contribution in [-0.2, 0) is 10.2 Å². The predicted molar refractivity (Wildman–Crippen MR) is 96.1 cm³/mol. The van der Waals surface area contributed by atoms with Crippen LogP contribution in [0, 0.1) is 0 Å². The summed E-state index contributed by atoms with van der Waals surface area (Å²) in [5.74, 6) is -0.133. The highest BCUT2D eigenvalue weighted by molar-refractivity contribution is 8.18. The minimum Gasteiger partial charge on any atom is -0.351 e. The number of thioether (sulfide) groups is 1. The molecule has 2 rings (SSSR count). The van der Waals surface area contributed by atoms with Crippen molar-refractivity contribution in [2.45, 2.75) is 40.0 Å². The summed E-state index contributed by atoms with van der Waals surface area (Å²) < 4.78 is 0. The monoisotopic (exact) mass is 316 g/mol. The van der Waals surface area contributed by atoms with E-state index in [0.717, 1.165) is 23.8 Å². The number of hydrogen-bond donors (Lipinski definition) is 0. The first-order valence-corrected chi connectivity index (χ1v) is 8.55. The fourth-order valence-corrected chi connectivity index (χ4v) is 3.30. The lowest BCUT2D eigenvalue weighted by Gasteiger charge is -2.19. The number of hydrogen-bond acceptors (Lipinski definition) is 3. The number of carbonyl (C=O) groups excluding carboxylic acids is 1. The van der Waals surface area contributed by atoms with Crippen molar-refractivity contribution in [2.24, 2.45) is 4.99 Å². The zero-order chi connectivity index (χ0) is 16.3. The van der Waals surface area contributed by atoms with Crippen LogP contribution in [0.15, 0.2) is 34.2 Å². The van der Waals surface area contributed by atoms with Gasteiger partial charge in [0.15, 0.2) is 5.17 Å². The van der Waals surface area contributed by atoms with Crippen LogP contribution in [0.2, 0.25) is 0 Å². The van der Waals surface area contributed by atoms with Crippen LogP contribution in [0.3, 0.4) is 0 Å². The Morgan fingerprint density at radius 1 is 1.14 bits per heavy atom. The molecule has 0 aromatic heterocycles. The maximum atomic E-state index is 12.0. The Morgan fingerprint density at radius 3 is 2.23 bits per heavy atom. The van der Waals surface area contributed by atoms with Gasteiger partial charge in [0.1, 0.15) is 0 Å². The zero-order valence-electron chi connectivity index (χ0n) is 14.0. The van der Waals surface area contributed by atoms with Gasteiger partial charge in [-0.3, -0.25) is 4.79 Å². The summed E-state index contributed by atoms with van der Waals surface area (Å²) in [6, 6.07) is 8.39. The van der Waals surface area contributed by atoms with Crippen molar-refractivity contribution >= 4 is 28.9 Å². The minimum atomic E-state index is -0.133. The summed E-state index contributed by atoms with van der Waals surface area (Å²) in [6.45, 7) is 12.5. The van der Waals surface area contributed by atoms with Crippen LogP contribution < -0.4 is 0 Å². The molecular weight excluding hydrogens is 292 g/mol. The second kappa shape index (κ2) is 6.69. The van der Waals surface area contributed by atoms with Gasteiger partial charge in [0, 0.05) is 13.1 Å². The molecule has 1 aliphatic heterocycles. The second-order valence-electron chi connectivity index (χ2n) is 6.35. The molecule has 22 heavy (non-hydrogen) atoms. The van der Waals surface area contributed by atoms with Crippen molar-refractivity contribution < 1.29 is 4.79 Å². The van der Waals surface area contributed by atoms with E-state index in [1.54, 1.807) is 0 Å². The molecule has 0 saturated carbocycles. The molecule has 1 aromatic rings. The third kappa shape index (κ3) is 3.80. The maximum absolute atomic E-state index is 12.0. The van der Waals surface area contributed by atoms with Gasteiger partial charge in [0.2, 0.25) is 0 Å². The van der Waals surface area contributed by atoms with Gasteiger partial charge >= 0.3 is 0 Å². The number of rotatable bonds is 3. The Hall–Kier alpha value is -1.55. The molecule has 0 unspecified atom stereocenters. The van der Waals surface area contributed by atoms with E-state index in [4.69, 9.17) is 0 Å². The summed E-state index contributed by atoms with van der Waals surface area (Å²) in [4.78, 5) is 19.0. The minimum absolute atomic E-state index is 0.133. The average Bonchev–Trinajstić information content (AvgIpc) is 2.81. The first kappa shape index (κ1) is 16.8. The largest absolute Gasteiger partial charge is 0.351 e. The topological polar surface area (TPSA) is 32.7 Å². The van der Waals surface area contributed by atoms with Gasteiger partial charge in [-0.2, -0.15) is 4.99 Å². The van der Waals surface area contributed by atoms with E-state index in [9.17, 15) is 4.79 Å². The van der Waals surface area contributed by atoms with Gasteiger partial charge in [-0.1, -0.05) is 45.0 Å². The standard InChI is InChI=1S/C18H24N2OS/c1-6-20(7-2)17-19-16(21)15(22-17)12-13-8-10-14(11-9-13)18(3,4)5/h8-12H,6-7H2,1-5H3/b15-12-. The summed E-state index contributed by atoms with van der Waals surface area (Å²) in [6.07, 6.45) is 1.93. The van der Waals surface area contributed by atoms with E-state index in [0.29, 0.717) is 4.91 Å². The number of nitrogens with zero attached hydrogens (tertiary/aromatic N) is 2. The highest BCUT2D eigenvalue weighted by atomic mass is 32.2. The van der Waals surface area contributed by atoms with Gasteiger partial charge < -0.3 is 4.90 Å². The van der Waals surface area contributed by atoms with Crippen molar-refractivity contribution in [3.63, 3.8) is 0 Å². The molecule has 0 spiro atoms. The lowest BCUT2D eigenvalue weighted by atomic mass is 9.87. The fraction of sp³-hybridized carbons (Fsp3) is 0.444. The molecule has 118 valence electrons. The molecule has 0 atom stereocenters. The molecule has 0 bridgehead atoms. The molecule has 0 radical (unpaired) electrons. The molecule has 0 fully saturated rings. The Kier molecular flexibility index (Phi) is 5.12. The summed E-state index contributed by atoms with van der Waals surface area (Å²) in [5.41, 5.74) is 2.47. The van der Waals surface area contributed by atoms with Crippen LogP contribution in [0.1, 0.15) is 45.7 Å². The van der Waals surface area contributed by atoms with Crippen molar-refractivity contribution in [3.8, 4) is 0 Å². The van der Waals surface area contributed by atoms with Crippen LogP contribution in [-0.4, -0.2) is 29.1 Å². The van der Waals surface area contributed by atoms with E-state index in [2.05, 4.69) is 68.8 Å². The lowest BCUT2D eigenvalue weighted by molar-refractivity contribution is -0.113. The highest BCUT2D eigenvalue weighted by Crippen LogP contribution is 2.30. The zero-order valence-corrected chi connectivity index (χ0v) is 14.8. The predicted octanol–water partition coefficient (Wildman–Crippen LogP) is 4.30. The van der Waals surface area contributed by atoms with Crippen LogP contribution >= 0.6 is 11.8 Å². The van der Waals surface area contributed by atoms with Crippen molar-refractivity contribution in [1.82, 2.24) is 4.90 Å². The van der Waals surface area contributed by atoms with E-state index < -0.39 is 0 Å². The van der Waals surface area contributed by atoms with Crippen molar-refractivity contribution in [1.29, 1.82) is 0 Å². The fourth-order valence-electron chi connectivity index (χ4n) is 2.26. The molecule has 4 heteroatoms. The molecule has 0 N–H and O–H groups in total. The van der Waals surface area contributed by atoms with Crippen molar-refractivity contribution in [3.05, 3.63) is 40.3 Å². The molecular formula is C18H24N2OS. The second-order valence-corrected chi connectivity index (χ2v) is 7.36. The van der Waals surface area contributed by atoms with Gasteiger partial charge in [-0.05, 0) is 48.2 Å². The summed E-state index contributed by atoms with van der Waals surface area (Å²) in [7, 11) is 0. The molecule has 0 aliphatic carbocycles. The molecule has 0 saturated heterocycles. The smallest absolute Gasteiger partial charge is 0.286 e. The average molecular weight is 316 g/mol. The molecule has 1 heterocycles. The van der Waals surface area contributed by atoms with Crippen LogP contribution in [0.25, 0.3) is 6.08 Å². The number of benzene rings is 1. The Labute approximate surface area is 137 Å². The Morgan fingerprint density at radius 2 is 1.73 bits per heavy atom. The van der Waals surface area contributed by atoms with E-state index in [1.807, 2.05) is 6.08 Å². The highest BCUT2D eigenvalue weighted by Gasteiger charge is 2.24. The van der Waals surface area contributed by atoms with E-state index >= 15 is 0 Å². The van der Waals surface area contributed by atoms with Crippen LogP contribution in [0.5, 0.6) is 0 Å². The third-order valence-electron chi connectivity index (χ3n) is 3.72. The number of carbonyl (C=O) groups is 1. The number of amides is 1. The number of aliphatic imine (C=N–C) groups is 1. The van der Waals surface area contributed by atoms with Crippen LogP contribution in [0.4, 0.5) is 0 Å². The molecule has 1 aromatic carbocycles. The molecule has 1 amide bonds. The van der Waals surface area contributed by atoms with E-state index in [-0.39, 0.29) is 11.3 Å². The Bertz CT molecular complexity index is 605. The third-order valence-corrected chi connectivity index (χ3v) is 4.76. The van der Waals surface area contributed by atoms with Gasteiger partial charge in [0.05, 0.1) is 4.91 Å². The normalized spacial score (nSPS) is 17.0. The van der Waals surface area contributed by atoms with Crippen molar-refractivity contribution in [2.75, 3.05) is 13.1 Å².